The minimum Gasteiger partial charge on any atom is -0.355 e. The van der Waals surface area contributed by atoms with Crippen molar-refractivity contribution in [3.63, 3.8) is 0 Å². The Morgan fingerprint density at radius 1 is 1.19 bits per heavy atom. The highest BCUT2D eigenvalue weighted by molar-refractivity contribution is 7.87. The highest BCUT2D eigenvalue weighted by Crippen LogP contribution is 2.26. The van der Waals surface area contributed by atoms with Gasteiger partial charge >= 0.3 is 15.6 Å². The lowest BCUT2D eigenvalue weighted by molar-refractivity contribution is -0.0501. The molecular formula is C12H15F3N2O3S. The summed E-state index contributed by atoms with van der Waals surface area (Å²) in [7, 11) is -5.66. The lowest BCUT2D eigenvalue weighted by Gasteiger charge is -2.26. The van der Waals surface area contributed by atoms with E-state index in [-0.39, 0.29) is 0 Å². The summed E-state index contributed by atoms with van der Waals surface area (Å²) in [6, 6.07) is 2.64. The van der Waals surface area contributed by atoms with E-state index >= 15 is 0 Å². The maximum absolute atomic E-state index is 12.2. The molecule has 118 valence electrons. The number of likely N-dealkylation sites (tertiary alicyclic amines) is 1. The normalized spacial score (nSPS) is 17.7. The van der Waals surface area contributed by atoms with Gasteiger partial charge in [-0.1, -0.05) is 12.5 Å². The van der Waals surface area contributed by atoms with Crippen molar-refractivity contribution in [2.75, 3.05) is 13.1 Å². The van der Waals surface area contributed by atoms with Gasteiger partial charge in [-0.2, -0.15) is 21.6 Å². The summed E-state index contributed by atoms with van der Waals surface area (Å²) in [6.45, 7) is 2.58. The maximum Gasteiger partial charge on any atom is 0.534 e. The largest absolute Gasteiger partial charge is 0.534 e. The Morgan fingerprint density at radius 3 is 2.38 bits per heavy atom. The molecule has 9 heteroatoms. The quantitative estimate of drug-likeness (QED) is 0.628. The number of aromatic nitrogens is 1. The van der Waals surface area contributed by atoms with E-state index in [4.69, 9.17) is 0 Å². The van der Waals surface area contributed by atoms with Crippen molar-refractivity contribution >= 4 is 10.1 Å². The summed E-state index contributed by atoms with van der Waals surface area (Å²) in [5.74, 6) is -0.588. The lowest BCUT2D eigenvalue weighted by Crippen LogP contribution is -2.29. The number of alkyl halides is 3. The SMILES string of the molecule is O=S(=O)(Oc1ccc(CN2CCCCC2)cn1)C(F)(F)F. The minimum absolute atomic E-state index is 0.588. The number of piperidine rings is 1. The summed E-state index contributed by atoms with van der Waals surface area (Å²) < 4.78 is 62.1. The second kappa shape index (κ2) is 6.18. The molecule has 0 saturated carbocycles. The van der Waals surface area contributed by atoms with E-state index in [1.807, 2.05) is 0 Å². The van der Waals surface area contributed by atoms with Gasteiger partial charge < -0.3 is 4.18 Å². The fourth-order valence-electron chi connectivity index (χ4n) is 2.09. The summed E-state index contributed by atoms with van der Waals surface area (Å²) in [4.78, 5) is 5.83. The smallest absolute Gasteiger partial charge is 0.355 e. The van der Waals surface area contributed by atoms with Crippen LogP contribution in [0.1, 0.15) is 24.8 Å². The van der Waals surface area contributed by atoms with Crippen LogP contribution in [0.4, 0.5) is 13.2 Å². The van der Waals surface area contributed by atoms with E-state index in [0.29, 0.717) is 6.54 Å². The first-order chi connectivity index (χ1) is 9.78. The summed E-state index contributed by atoms with van der Waals surface area (Å²) in [5.41, 5.74) is -4.66. The lowest BCUT2D eigenvalue weighted by atomic mass is 10.1. The average molecular weight is 324 g/mol. The number of halogens is 3. The van der Waals surface area contributed by atoms with Crippen LogP contribution in [0.15, 0.2) is 18.3 Å². The van der Waals surface area contributed by atoms with E-state index in [9.17, 15) is 21.6 Å². The Kier molecular flexibility index (Phi) is 4.72. The van der Waals surface area contributed by atoms with Gasteiger partial charge in [0.05, 0.1) is 0 Å². The third-order valence-corrected chi connectivity index (χ3v) is 4.09. The fourth-order valence-corrected chi connectivity index (χ4v) is 2.51. The molecule has 0 N–H and O–H groups in total. The Labute approximate surface area is 120 Å². The van der Waals surface area contributed by atoms with Crippen LogP contribution in [0.3, 0.4) is 0 Å². The Bertz CT molecular complexity index is 566. The zero-order valence-electron chi connectivity index (χ0n) is 11.1. The summed E-state index contributed by atoms with van der Waals surface area (Å²) in [5, 5.41) is 0. The van der Waals surface area contributed by atoms with Crippen LogP contribution >= 0.6 is 0 Å². The van der Waals surface area contributed by atoms with Gasteiger partial charge in [-0.3, -0.25) is 4.90 Å². The summed E-state index contributed by atoms with van der Waals surface area (Å²) in [6.07, 6.45) is 4.78. The zero-order valence-corrected chi connectivity index (χ0v) is 12.0. The van der Waals surface area contributed by atoms with Gasteiger partial charge in [0, 0.05) is 18.8 Å². The molecule has 0 atom stereocenters. The Hall–Kier alpha value is -1.35. The van der Waals surface area contributed by atoms with Gasteiger partial charge in [-0.15, -0.1) is 0 Å². The molecule has 2 rings (SSSR count). The van der Waals surface area contributed by atoms with Crippen LogP contribution < -0.4 is 4.18 Å². The third-order valence-electron chi connectivity index (χ3n) is 3.13. The molecule has 0 radical (unpaired) electrons. The van der Waals surface area contributed by atoms with Crippen molar-refractivity contribution < 1.29 is 25.8 Å². The van der Waals surface area contributed by atoms with Gasteiger partial charge in [0.2, 0.25) is 5.88 Å². The van der Waals surface area contributed by atoms with Crippen molar-refractivity contribution in [1.82, 2.24) is 9.88 Å². The van der Waals surface area contributed by atoms with Gasteiger partial charge in [0.1, 0.15) is 0 Å². The molecule has 1 aliphatic rings. The van der Waals surface area contributed by atoms with Crippen molar-refractivity contribution in [3.8, 4) is 5.88 Å². The molecule has 0 bridgehead atoms. The second-order valence-electron chi connectivity index (χ2n) is 4.82. The molecule has 1 aromatic rings. The summed E-state index contributed by atoms with van der Waals surface area (Å²) >= 11 is 0. The molecule has 0 aliphatic carbocycles. The second-order valence-corrected chi connectivity index (χ2v) is 6.36. The molecule has 21 heavy (non-hydrogen) atoms. The number of rotatable bonds is 4. The Morgan fingerprint density at radius 2 is 1.86 bits per heavy atom. The van der Waals surface area contributed by atoms with Crippen molar-refractivity contribution in [3.05, 3.63) is 23.9 Å². The van der Waals surface area contributed by atoms with Gasteiger partial charge in [-0.05, 0) is 31.5 Å². The van der Waals surface area contributed by atoms with Crippen LogP contribution in [-0.2, 0) is 16.7 Å². The number of hydrogen-bond acceptors (Lipinski definition) is 5. The molecule has 0 aromatic carbocycles. The maximum atomic E-state index is 12.2. The van der Waals surface area contributed by atoms with Crippen LogP contribution in [0, 0.1) is 0 Å². The first-order valence-corrected chi connectivity index (χ1v) is 7.87. The molecular weight excluding hydrogens is 309 g/mol. The van der Waals surface area contributed by atoms with E-state index in [2.05, 4.69) is 14.1 Å². The van der Waals surface area contributed by atoms with Gasteiger partial charge in [-0.25, -0.2) is 4.98 Å². The fraction of sp³-hybridized carbons (Fsp3) is 0.583. The van der Waals surface area contributed by atoms with Gasteiger partial charge in [0.25, 0.3) is 0 Å². The minimum atomic E-state index is -5.66. The molecule has 1 saturated heterocycles. The van der Waals surface area contributed by atoms with E-state index in [0.717, 1.165) is 37.6 Å². The molecule has 1 aliphatic heterocycles. The predicted molar refractivity (Wildman–Crippen MR) is 69.0 cm³/mol. The molecule has 0 unspecified atom stereocenters. The van der Waals surface area contributed by atoms with Gasteiger partial charge in [0.15, 0.2) is 0 Å². The molecule has 1 fully saturated rings. The first kappa shape index (κ1) is 16.0. The first-order valence-electron chi connectivity index (χ1n) is 6.46. The monoisotopic (exact) mass is 324 g/mol. The van der Waals surface area contributed by atoms with Crippen molar-refractivity contribution in [2.24, 2.45) is 0 Å². The molecule has 5 nitrogen and oxygen atoms in total. The average Bonchev–Trinajstić information content (AvgIpc) is 2.41. The number of pyridine rings is 1. The van der Waals surface area contributed by atoms with Crippen LogP contribution in [-0.4, -0.2) is 36.9 Å². The Balaban J connectivity index is 1.99. The topological polar surface area (TPSA) is 59.5 Å². The van der Waals surface area contributed by atoms with E-state index < -0.39 is 21.5 Å². The highest BCUT2D eigenvalue weighted by atomic mass is 32.2. The number of hydrogen-bond donors (Lipinski definition) is 0. The van der Waals surface area contributed by atoms with Crippen LogP contribution in [0.2, 0.25) is 0 Å². The van der Waals surface area contributed by atoms with E-state index in [1.165, 1.54) is 18.7 Å². The molecule has 1 aromatic heterocycles. The predicted octanol–water partition coefficient (Wildman–Crippen LogP) is 2.30. The van der Waals surface area contributed by atoms with Crippen LogP contribution in [0.25, 0.3) is 0 Å². The van der Waals surface area contributed by atoms with E-state index in [1.54, 1.807) is 0 Å². The van der Waals surface area contributed by atoms with Crippen molar-refractivity contribution in [2.45, 2.75) is 31.3 Å². The zero-order chi connectivity index (χ0) is 15.5. The standard InChI is InChI=1S/C12H15F3N2O3S/c13-12(14,15)21(18,19)20-11-5-4-10(8-16-11)9-17-6-2-1-3-7-17/h4-5,8H,1-3,6-7,9H2. The number of nitrogens with zero attached hydrogens (tertiary/aromatic N) is 2. The molecule has 2 heterocycles. The van der Waals surface area contributed by atoms with Crippen molar-refractivity contribution in [1.29, 1.82) is 0 Å². The molecule has 0 spiro atoms. The highest BCUT2D eigenvalue weighted by Gasteiger charge is 2.48. The third kappa shape index (κ3) is 4.31. The molecule has 0 amide bonds. The van der Waals surface area contributed by atoms with Crippen LogP contribution in [0.5, 0.6) is 5.88 Å².